The Kier molecular flexibility index (Phi) is 3.92. The third-order valence-corrected chi connectivity index (χ3v) is 4.54. The number of furan rings is 1. The van der Waals surface area contributed by atoms with E-state index in [1.54, 1.807) is 18.8 Å². The van der Waals surface area contributed by atoms with E-state index in [2.05, 4.69) is 21.9 Å². The number of fused-ring (bicyclic) bond motifs is 1. The minimum absolute atomic E-state index is 0.552. The van der Waals surface area contributed by atoms with Crippen molar-refractivity contribution in [1.29, 1.82) is 0 Å². The standard InChI is InChI=1S/C21H19N3O2/c1-12-9-16(5-6-17(12)20-14(3)23-11-24-15(20)4)26-21-19-13(2)10-25-18(19)7-8-22-21/h5-11H,1-4H3. The smallest absolute Gasteiger partial charge is 0.230 e. The number of nitrogens with zero attached hydrogens (tertiary/aromatic N) is 3. The molecular weight excluding hydrogens is 326 g/mol. The van der Waals surface area contributed by atoms with Crippen LogP contribution in [0.4, 0.5) is 0 Å². The van der Waals surface area contributed by atoms with Crippen LogP contribution in [0.25, 0.3) is 22.1 Å². The zero-order valence-corrected chi connectivity index (χ0v) is 15.2. The van der Waals surface area contributed by atoms with E-state index < -0.39 is 0 Å². The highest BCUT2D eigenvalue weighted by Gasteiger charge is 2.14. The molecule has 4 rings (SSSR count). The lowest BCUT2D eigenvalue weighted by Crippen LogP contribution is -1.97. The van der Waals surface area contributed by atoms with Crippen molar-refractivity contribution in [2.45, 2.75) is 27.7 Å². The first-order valence-electron chi connectivity index (χ1n) is 8.44. The molecule has 5 heteroatoms. The van der Waals surface area contributed by atoms with Crippen LogP contribution < -0.4 is 4.74 Å². The Labute approximate surface area is 151 Å². The molecule has 130 valence electrons. The van der Waals surface area contributed by atoms with Crippen molar-refractivity contribution < 1.29 is 9.15 Å². The van der Waals surface area contributed by atoms with Crippen molar-refractivity contribution >= 4 is 11.0 Å². The van der Waals surface area contributed by atoms with E-state index in [-0.39, 0.29) is 0 Å². The first-order chi connectivity index (χ1) is 12.5. The van der Waals surface area contributed by atoms with E-state index in [1.165, 1.54) is 0 Å². The largest absolute Gasteiger partial charge is 0.464 e. The maximum atomic E-state index is 6.06. The quantitative estimate of drug-likeness (QED) is 0.503. The van der Waals surface area contributed by atoms with Gasteiger partial charge < -0.3 is 9.15 Å². The fraction of sp³-hybridized carbons (Fsp3) is 0.190. The van der Waals surface area contributed by atoms with E-state index in [9.17, 15) is 0 Å². The monoisotopic (exact) mass is 345 g/mol. The molecule has 0 saturated carbocycles. The molecule has 0 spiro atoms. The van der Waals surface area contributed by atoms with Crippen LogP contribution in [0.15, 0.2) is 47.5 Å². The first kappa shape index (κ1) is 16.3. The van der Waals surface area contributed by atoms with Gasteiger partial charge in [-0.2, -0.15) is 0 Å². The van der Waals surface area contributed by atoms with Gasteiger partial charge in [-0.3, -0.25) is 0 Å². The second kappa shape index (κ2) is 6.26. The molecule has 26 heavy (non-hydrogen) atoms. The summed E-state index contributed by atoms with van der Waals surface area (Å²) in [5.74, 6) is 1.29. The number of hydrogen-bond acceptors (Lipinski definition) is 5. The predicted molar refractivity (Wildman–Crippen MR) is 100 cm³/mol. The molecule has 0 aliphatic carbocycles. The molecule has 0 bridgehead atoms. The third-order valence-electron chi connectivity index (χ3n) is 4.54. The van der Waals surface area contributed by atoms with Crippen LogP contribution in [-0.4, -0.2) is 15.0 Å². The van der Waals surface area contributed by atoms with E-state index in [4.69, 9.17) is 9.15 Å². The molecule has 0 aliphatic rings. The van der Waals surface area contributed by atoms with Crippen LogP contribution in [0, 0.1) is 27.7 Å². The molecule has 0 aliphatic heterocycles. The van der Waals surface area contributed by atoms with Gasteiger partial charge in [0.05, 0.1) is 11.6 Å². The Morgan fingerprint density at radius 2 is 1.65 bits per heavy atom. The minimum Gasteiger partial charge on any atom is -0.464 e. The molecule has 0 unspecified atom stereocenters. The summed E-state index contributed by atoms with van der Waals surface area (Å²) < 4.78 is 11.6. The number of pyridine rings is 1. The van der Waals surface area contributed by atoms with Crippen molar-refractivity contribution in [1.82, 2.24) is 15.0 Å². The van der Waals surface area contributed by atoms with Crippen LogP contribution in [-0.2, 0) is 0 Å². The molecule has 0 N–H and O–H groups in total. The SMILES string of the molecule is Cc1cc(Oc2nccc3occ(C)c23)ccc1-c1c(C)ncnc1C. The molecule has 1 aromatic carbocycles. The predicted octanol–water partition coefficient (Wildman–Crippen LogP) is 5.31. The summed E-state index contributed by atoms with van der Waals surface area (Å²) in [5.41, 5.74) is 6.99. The maximum absolute atomic E-state index is 6.06. The number of benzene rings is 1. The van der Waals surface area contributed by atoms with Gasteiger partial charge in [0.1, 0.15) is 17.7 Å². The molecular formula is C21H19N3O2. The molecule has 0 radical (unpaired) electrons. The zero-order chi connectivity index (χ0) is 18.3. The zero-order valence-electron chi connectivity index (χ0n) is 15.2. The van der Waals surface area contributed by atoms with Gasteiger partial charge in [-0.25, -0.2) is 15.0 Å². The van der Waals surface area contributed by atoms with E-state index >= 15 is 0 Å². The lowest BCUT2D eigenvalue weighted by atomic mass is 9.98. The van der Waals surface area contributed by atoms with E-state index in [1.807, 2.05) is 45.0 Å². The number of aryl methyl sites for hydroxylation is 4. The van der Waals surface area contributed by atoms with Gasteiger partial charge in [0.25, 0.3) is 0 Å². The Morgan fingerprint density at radius 1 is 0.885 bits per heavy atom. The van der Waals surface area contributed by atoms with Crippen molar-refractivity contribution in [3.8, 4) is 22.8 Å². The van der Waals surface area contributed by atoms with Gasteiger partial charge in [0, 0.05) is 34.8 Å². The number of ether oxygens (including phenoxy) is 1. The second-order valence-corrected chi connectivity index (χ2v) is 6.41. The molecule has 0 amide bonds. The van der Waals surface area contributed by atoms with Crippen LogP contribution >= 0.6 is 0 Å². The molecule has 0 fully saturated rings. The normalized spacial score (nSPS) is 11.1. The number of hydrogen-bond donors (Lipinski definition) is 0. The lowest BCUT2D eigenvalue weighted by molar-refractivity contribution is 0.468. The van der Waals surface area contributed by atoms with Gasteiger partial charge in [0.15, 0.2) is 0 Å². The molecule has 4 aromatic rings. The average Bonchev–Trinajstić information content (AvgIpc) is 2.99. The van der Waals surface area contributed by atoms with E-state index in [0.717, 1.165) is 50.4 Å². The fourth-order valence-corrected chi connectivity index (χ4v) is 3.25. The van der Waals surface area contributed by atoms with Crippen LogP contribution in [0.5, 0.6) is 11.6 Å². The van der Waals surface area contributed by atoms with Crippen molar-refractivity contribution in [2.75, 3.05) is 0 Å². The van der Waals surface area contributed by atoms with Crippen molar-refractivity contribution in [3.63, 3.8) is 0 Å². The summed E-state index contributed by atoms with van der Waals surface area (Å²) in [6.07, 6.45) is 5.00. The van der Waals surface area contributed by atoms with Gasteiger partial charge >= 0.3 is 0 Å². The third kappa shape index (κ3) is 2.71. The number of aromatic nitrogens is 3. The highest BCUT2D eigenvalue weighted by Crippen LogP contribution is 2.34. The summed E-state index contributed by atoms with van der Waals surface area (Å²) in [6.45, 7) is 8.04. The summed E-state index contributed by atoms with van der Waals surface area (Å²) >= 11 is 0. The Bertz CT molecular complexity index is 1100. The minimum atomic E-state index is 0.552. The number of rotatable bonds is 3. The Morgan fingerprint density at radius 3 is 2.38 bits per heavy atom. The van der Waals surface area contributed by atoms with E-state index in [0.29, 0.717) is 5.88 Å². The molecule has 3 aromatic heterocycles. The van der Waals surface area contributed by atoms with Gasteiger partial charge in [-0.15, -0.1) is 0 Å². The Hall–Kier alpha value is -3.21. The molecule has 5 nitrogen and oxygen atoms in total. The maximum Gasteiger partial charge on any atom is 0.230 e. The molecule has 3 heterocycles. The van der Waals surface area contributed by atoms with Crippen LogP contribution in [0.1, 0.15) is 22.5 Å². The lowest BCUT2D eigenvalue weighted by Gasteiger charge is -2.13. The summed E-state index contributed by atoms with van der Waals surface area (Å²) in [6, 6.07) is 7.84. The van der Waals surface area contributed by atoms with Crippen LogP contribution in [0.2, 0.25) is 0 Å². The van der Waals surface area contributed by atoms with Crippen LogP contribution in [0.3, 0.4) is 0 Å². The second-order valence-electron chi connectivity index (χ2n) is 6.41. The van der Waals surface area contributed by atoms with Gasteiger partial charge in [-0.05, 0) is 51.0 Å². The fourth-order valence-electron chi connectivity index (χ4n) is 3.25. The van der Waals surface area contributed by atoms with Crippen molar-refractivity contribution in [3.05, 3.63) is 65.6 Å². The Balaban J connectivity index is 1.74. The van der Waals surface area contributed by atoms with Crippen molar-refractivity contribution in [2.24, 2.45) is 0 Å². The highest BCUT2D eigenvalue weighted by molar-refractivity contribution is 5.85. The summed E-state index contributed by atoms with van der Waals surface area (Å²) in [7, 11) is 0. The van der Waals surface area contributed by atoms with Gasteiger partial charge in [-0.1, -0.05) is 6.07 Å². The van der Waals surface area contributed by atoms with Gasteiger partial charge in [0.2, 0.25) is 5.88 Å². The first-order valence-corrected chi connectivity index (χ1v) is 8.44. The average molecular weight is 345 g/mol. The summed E-state index contributed by atoms with van der Waals surface area (Å²) in [4.78, 5) is 13.0. The highest BCUT2D eigenvalue weighted by atomic mass is 16.5. The summed E-state index contributed by atoms with van der Waals surface area (Å²) in [5, 5.41) is 0.900. The molecule has 0 atom stereocenters. The molecule has 0 saturated heterocycles. The topological polar surface area (TPSA) is 61.0 Å².